The molecule has 18 heavy (non-hydrogen) atoms. The average Bonchev–Trinajstić information content (AvgIpc) is 2.34. The number of hydrogen-bond donors (Lipinski definition) is 1. The van der Waals surface area contributed by atoms with Crippen molar-refractivity contribution in [3.05, 3.63) is 27.5 Å². The Bertz CT molecular complexity index is 435. The molecule has 0 unspecified atom stereocenters. The third-order valence-corrected chi connectivity index (χ3v) is 3.52. The highest BCUT2D eigenvalue weighted by Crippen LogP contribution is 2.17. The predicted molar refractivity (Wildman–Crippen MR) is 75.2 cm³/mol. The zero-order chi connectivity index (χ0) is 13.5. The van der Waals surface area contributed by atoms with E-state index in [1.54, 1.807) is 6.07 Å². The van der Waals surface area contributed by atoms with Crippen molar-refractivity contribution in [2.24, 2.45) is 0 Å². The minimum atomic E-state index is -0.0934. The molecule has 0 fully saturated rings. The van der Waals surface area contributed by atoms with Crippen LogP contribution in [0.1, 0.15) is 56.6 Å². The first-order chi connectivity index (χ1) is 8.57. The smallest absolute Gasteiger partial charge is 0.253 e. The topological polar surface area (TPSA) is 42.2 Å². The molecule has 1 aromatic rings. The maximum absolute atomic E-state index is 11.8. The molecular weight excluding hydrogens is 226 g/mol. The van der Waals surface area contributed by atoms with Crippen molar-refractivity contribution < 1.29 is 5.11 Å². The van der Waals surface area contributed by atoms with E-state index < -0.39 is 0 Å². The molecule has 0 aliphatic heterocycles. The zero-order valence-corrected chi connectivity index (χ0v) is 11.8. The van der Waals surface area contributed by atoms with Crippen LogP contribution >= 0.6 is 0 Å². The summed E-state index contributed by atoms with van der Waals surface area (Å²) in [6.07, 6.45) is 7.10. The van der Waals surface area contributed by atoms with Crippen LogP contribution in [0.25, 0.3) is 0 Å². The SMILES string of the molecule is CCCCCCCCn1c(O)c(C)c(C)cc1=O. The van der Waals surface area contributed by atoms with Gasteiger partial charge < -0.3 is 5.11 Å². The van der Waals surface area contributed by atoms with E-state index in [4.69, 9.17) is 0 Å². The molecule has 102 valence electrons. The van der Waals surface area contributed by atoms with Crippen LogP contribution in [0.2, 0.25) is 0 Å². The molecule has 0 aliphatic carbocycles. The largest absolute Gasteiger partial charge is 0.494 e. The number of aromatic nitrogens is 1. The van der Waals surface area contributed by atoms with E-state index in [1.165, 1.54) is 30.3 Å². The van der Waals surface area contributed by atoms with E-state index in [-0.39, 0.29) is 11.4 Å². The molecule has 0 saturated heterocycles. The Balaban J connectivity index is 2.53. The summed E-state index contributed by atoms with van der Waals surface area (Å²) in [6, 6.07) is 1.60. The minimum absolute atomic E-state index is 0.0934. The van der Waals surface area contributed by atoms with Crippen molar-refractivity contribution >= 4 is 0 Å². The van der Waals surface area contributed by atoms with Gasteiger partial charge in [-0.2, -0.15) is 0 Å². The second kappa shape index (κ2) is 7.24. The zero-order valence-electron chi connectivity index (χ0n) is 11.8. The molecule has 3 nitrogen and oxygen atoms in total. The van der Waals surface area contributed by atoms with E-state index in [2.05, 4.69) is 6.92 Å². The molecule has 0 radical (unpaired) electrons. The fourth-order valence-electron chi connectivity index (χ4n) is 2.12. The monoisotopic (exact) mass is 251 g/mol. The third kappa shape index (κ3) is 3.90. The van der Waals surface area contributed by atoms with Crippen LogP contribution in [0.15, 0.2) is 10.9 Å². The van der Waals surface area contributed by atoms with Crippen LogP contribution < -0.4 is 5.56 Å². The van der Waals surface area contributed by atoms with Gasteiger partial charge in [-0.05, 0) is 25.8 Å². The molecule has 0 atom stereocenters. The number of nitrogens with zero attached hydrogens (tertiary/aromatic N) is 1. The Morgan fingerprint density at radius 1 is 1.11 bits per heavy atom. The van der Waals surface area contributed by atoms with E-state index in [0.29, 0.717) is 6.54 Å². The molecule has 1 heterocycles. The van der Waals surface area contributed by atoms with Crippen molar-refractivity contribution in [1.29, 1.82) is 0 Å². The maximum atomic E-state index is 11.8. The summed E-state index contributed by atoms with van der Waals surface area (Å²) in [5.74, 6) is 0.133. The van der Waals surface area contributed by atoms with Gasteiger partial charge in [0, 0.05) is 18.2 Å². The lowest BCUT2D eigenvalue weighted by Gasteiger charge is -2.12. The van der Waals surface area contributed by atoms with Crippen LogP contribution in [0.3, 0.4) is 0 Å². The highest BCUT2D eigenvalue weighted by atomic mass is 16.3. The highest BCUT2D eigenvalue weighted by Gasteiger charge is 2.08. The van der Waals surface area contributed by atoms with Crippen LogP contribution in [-0.2, 0) is 6.54 Å². The number of pyridine rings is 1. The summed E-state index contributed by atoms with van der Waals surface area (Å²) in [4.78, 5) is 11.8. The number of aryl methyl sites for hydroxylation is 1. The molecule has 3 heteroatoms. The summed E-state index contributed by atoms with van der Waals surface area (Å²) in [5.41, 5.74) is 1.57. The van der Waals surface area contributed by atoms with Gasteiger partial charge in [0.1, 0.15) is 0 Å². The van der Waals surface area contributed by atoms with Crippen LogP contribution in [-0.4, -0.2) is 9.67 Å². The molecular formula is C15H25NO2. The summed E-state index contributed by atoms with van der Waals surface area (Å²) >= 11 is 0. The van der Waals surface area contributed by atoms with Gasteiger partial charge in [0.05, 0.1) is 0 Å². The first kappa shape index (κ1) is 14.8. The first-order valence-corrected chi connectivity index (χ1v) is 6.98. The van der Waals surface area contributed by atoms with Crippen LogP contribution in [0, 0.1) is 13.8 Å². The third-order valence-electron chi connectivity index (χ3n) is 3.52. The van der Waals surface area contributed by atoms with Crippen molar-refractivity contribution in [1.82, 2.24) is 4.57 Å². The lowest BCUT2D eigenvalue weighted by atomic mass is 10.1. The van der Waals surface area contributed by atoms with E-state index >= 15 is 0 Å². The van der Waals surface area contributed by atoms with Gasteiger partial charge >= 0.3 is 0 Å². The van der Waals surface area contributed by atoms with Gasteiger partial charge in [-0.1, -0.05) is 39.0 Å². The number of rotatable bonds is 7. The number of unbranched alkanes of at least 4 members (excludes halogenated alkanes) is 5. The van der Waals surface area contributed by atoms with Gasteiger partial charge in [0.25, 0.3) is 5.56 Å². The maximum Gasteiger partial charge on any atom is 0.253 e. The molecule has 0 spiro atoms. The fourth-order valence-corrected chi connectivity index (χ4v) is 2.12. The summed E-state index contributed by atoms with van der Waals surface area (Å²) < 4.78 is 1.49. The van der Waals surface area contributed by atoms with Gasteiger partial charge in [-0.25, -0.2) is 0 Å². The van der Waals surface area contributed by atoms with Gasteiger partial charge in [0.15, 0.2) is 5.88 Å². The molecule has 1 aromatic heterocycles. The molecule has 0 amide bonds. The lowest BCUT2D eigenvalue weighted by Crippen LogP contribution is -2.20. The lowest BCUT2D eigenvalue weighted by molar-refractivity contribution is 0.394. The Morgan fingerprint density at radius 3 is 2.39 bits per heavy atom. The molecule has 0 aliphatic rings. The van der Waals surface area contributed by atoms with Crippen LogP contribution in [0.5, 0.6) is 5.88 Å². The Morgan fingerprint density at radius 2 is 1.72 bits per heavy atom. The summed E-state index contributed by atoms with van der Waals surface area (Å²) in [5, 5.41) is 9.96. The Labute approximate surface area is 109 Å². The minimum Gasteiger partial charge on any atom is -0.494 e. The van der Waals surface area contributed by atoms with E-state index in [9.17, 15) is 9.90 Å². The van der Waals surface area contributed by atoms with Crippen molar-refractivity contribution in [3.63, 3.8) is 0 Å². The van der Waals surface area contributed by atoms with Gasteiger partial charge in [-0.3, -0.25) is 9.36 Å². The van der Waals surface area contributed by atoms with Crippen LogP contribution in [0.4, 0.5) is 0 Å². The second-order valence-electron chi connectivity index (χ2n) is 5.03. The van der Waals surface area contributed by atoms with E-state index in [0.717, 1.165) is 24.0 Å². The second-order valence-corrected chi connectivity index (χ2v) is 5.03. The number of aromatic hydroxyl groups is 1. The van der Waals surface area contributed by atoms with Gasteiger partial charge in [-0.15, -0.1) is 0 Å². The highest BCUT2D eigenvalue weighted by molar-refractivity contribution is 5.32. The van der Waals surface area contributed by atoms with Gasteiger partial charge in [0.2, 0.25) is 0 Å². The average molecular weight is 251 g/mol. The molecule has 1 N–H and O–H groups in total. The fraction of sp³-hybridized carbons (Fsp3) is 0.667. The molecule has 1 rings (SSSR count). The normalized spacial score (nSPS) is 10.8. The molecule has 0 saturated carbocycles. The Hall–Kier alpha value is -1.25. The standard InChI is InChI=1S/C15H25NO2/c1-4-5-6-7-8-9-10-16-14(17)11-12(2)13(3)15(16)18/h11,18H,4-10H2,1-3H3. The van der Waals surface area contributed by atoms with Crippen molar-refractivity contribution in [2.45, 2.75) is 65.8 Å². The van der Waals surface area contributed by atoms with E-state index in [1.807, 2.05) is 13.8 Å². The predicted octanol–water partition coefficient (Wildman–Crippen LogP) is 3.53. The summed E-state index contributed by atoms with van der Waals surface area (Å²) in [6.45, 7) is 6.53. The molecule has 0 aromatic carbocycles. The Kier molecular flexibility index (Phi) is 5.96. The number of hydrogen-bond acceptors (Lipinski definition) is 2. The summed E-state index contributed by atoms with van der Waals surface area (Å²) in [7, 11) is 0. The molecule has 0 bridgehead atoms. The first-order valence-electron chi connectivity index (χ1n) is 6.98. The van der Waals surface area contributed by atoms with Crippen molar-refractivity contribution in [2.75, 3.05) is 0 Å². The quantitative estimate of drug-likeness (QED) is 0.753. The van der Waals surface area contributed by atoms with Crippen molar-refractivity contribution in [3.8, 4) is 5.88 Å².